The van der Waals surface area contributed by atoms with Gasteiger partial charge in [0, 0.05) is 40.7 Å². The third-order valence-corrected chi connectivity index (χ3v) is 9.26. The van der Waals surface area contributed by atoms with Crippen LogP contribution in [-0.2, 0) is 16.6 Å². The number of hydrogen-bond donors (Lipinski definition) is 4. The molecule has 2 aromatic heterocycles. The number of nitrogens with one attached hydrogen (secondary N) is 3. The molecular weight excluding hydrogens is 474 g/mol. The number of hydrogen-bond acceptors (Lipinski definition) is 3. The lowest BCUT2D eigenvalue weighted by atomic mass is 9.52. The molecule has 1 spiro atoms. The van der Waals surface area contributed by atoms with Crippen molar-refractivity contribution in [3.05, 3.63) is 95.5 Å². The summed E-state index contributed by atoms with van der Waals surface area (Å²) in [6.45, 7) is 10.3. The van der Waals surface area contributed by atoms with Gasteiger partial charge in [-0.1, -0.05) is 56.9 Å². The molecule has 0 radical (unpaired) electrons. The van der Waals surface area contributed by atoms with Gasteiger partial charge in [-0.2, -0.15) is 0 Å². The summed E-state index contributed by atoms with van der Waals surface area (Å²) in [5, 5.41) is 16.1. The van der Waals surface area contributed by atoms with Crippen LogP contribution in [0.1, 0.15) is 48.9 Å². The molecule has 6 heteroatoms. The fourth-order valence-electron chi connectivity index (χ4n) is 7.39. The Morgan fingerprint density at radius 3 is 2.74 bits per heavy atom. The molecule has 1 unspecified atom stereocenters. The first-order valence-electron chi connectivity index (χ1n) is 13.6. The number of para-hydroxylation sites is 1. The first kappa shape index (κ1) is 24.7. The zero-order chi connectivity index (χ0) is 26.8. The van der Waals surface area contributed by atoms with Crippen molar-refractivity contribution in [2.75, 3.05) is 0 Å². The van der Waals surface area contributed by atoms with Crippen molar-refractivity contribution in [3.8, 4) is 0 Å². The third kappa shape index (κ3) is 3.50. The van der Waals surface area contributed by atoms with Gasteiger partial charge in [0.25, 0.3) is 0 Å². The zero-order valence-electron chi connectivity index (χ0n) is 22.1. The fraction of sp³-hybridized carbons (Fsp3) is 0.375. The SMILES string of the molecule is C=C1[C@@H](C)C2[C@H](Cc3c[nH]c4ccccc34)NC(=O)[C@]23c2ccc([nH]2)C(=O)/C(C)=C/[C@@H](C)C/C=C/[C@H]3[C@@H]1O. The predicted octanol–water partition coefficient (Wildman–Crippen LogP) is 5.00. The molecule has 1 saturated carbocycles. The molecule has 7 atom stereocenters. The number of amides is 1. The Kier molecular flexibility index (Phi) is 5.84. The van der Waals surface area contributed by atoms with Crippen LogP contribution in [0.15, 0.2) is 78.5 Å². The average molecular weight is 510 g/mol. The van der Waals surface area contributed by atoms with Crippen molar-refractivity contribution >= 4 is 22.6 Å². The smallest absolute Gasteiger partial charge is 0.233 e. The molecule has 2 bridgehead atoms. The van der Waals surface area contributed by atoms with Gasteiger partial charge in [0.2, 0.25) is 11.7 Å². The van der Waals surface area contributed by atoms with Crippen LogP contribution in [0.25, 0.3) is 10.9 Å². The summed E-state index contributed by atoms with van der Waals surface area (Å²) in [4.78, 5) is 34.3. The van der Waals surface area contributed by atoms with E-state index in [1.165, 1.54) is 0 Å². The second-order valence-electron chi connectivity index (χ2n) is 11.5. The van der Waals surface area contributed by atoms with Crippen LogP contribution in [0.2, 0.25) is 0 Å². The molecule has 2 fully saturated rings. The van der Waals surface area contributed by atoms with E-state index in [0.29, 0.717) is 29.8 Å². The van der Waals surface area contributed by atoms with Gasteiger partial charge in [-0.3, -0.25) is 9.59 Å². The highest BCUT2D eigenvalue weighted by Crippen LogP contribution is 2.56. The van der Waals surface area contributed by atoms with Crippen LogP contribution in [0, 0.1) is 23.7 Å². The highest BCUT2D eigenvalue weighted by atomic mass is 16.3. The second kappa shape index (κ2) is 8.98. The van der Waals surface area contributed by atoms with Crippen LogP contribution >= 0.6 is 0 Å². The molecule has 2 aliphatic heterocycles. The first-order valence-corrected chi connectivity index (χ1v) is 13.6. The van der Waals surface area contributed by atoms with Gasteiger partial charge in [0.1, 0.15) is 5.41 Å². The number of fused-ring (bicyclic) bond motifs is 3. The van der Waals surface area contributed by atoms with Crippen LogP contribution < -0.4 is 5.32 Å². The summed E-state index contributed by atoms with van der Waals surface area (Å²) in [5.41, 5.74) is 3.73. The lowest BCUT2D eigenvalue weighted by molar-refractivity contribution is -0.129. The summed E-state index contributed by atoms with van der Waals surface area (Å²) >= 11 is 0. The number of carbonyl (C=O) groups is 2. The minimum atomic E-state index is -1.06. The monoisotopic (exact) mass is 509 g/mol. The summed E-state index contributed by atoms with van der Waals surface area (Å²) in [6.07, 6.45) is 8.57. The van der Waals surface area contributed by atoms with Gasteiger partial charge in [-0.05, 0) is 66.5 Å². The van der Waals surface area contributed by atoms with Crippen molar-refractivity contribution < 1.29 is 14.7 Å². The Bertz CT molecular complexity index is 1510. The minimum absolute atomic E-state index is 0.0697. The summed E-state index contributed by atoms with van der Waals surface area (Å²) in [5.74, 6) is -0.848. The number of allylic oxidation sites excluding steroid dienone is 3. The molecule has 1 saturated heterocycles. The number of benzene rings is 1. The molecule has 3 aromatic rings. The predicted molar refractivity (Wildman–Crippen MR) is 149 cm³/mol. The van der Waals surface area contributed by atoms with E-state index in [-0.39, 0.29) is 35.5 Å². The molecular formula is C32H35N3O3. The Balaban J connectivity index is 1.53. The Hall–Kier alpha value is -3.64. The van der Waals surface area contributed by atoms with Crippen molar-refractivity contribution in [1.82, 2.24) is 15.3 Å². The molecule has 4 N–H and O–H groups in total. The molecule has 6 nitrogen and oxygen atoms in total. The maximum absolute atomic E-state index is 14.3. The van der Waals surface area contributed by atoms with Gasteiger partial charge >= 0.3 is 0 Å². The number of aliphatic hydroxyl groups is 1. The Morgan fingerprint density at radius 2 is 1.92 bits per heavy atom. The molecule has 4 heterocycles. The van der Waals surface area contributed by atoms with Crippen molar-refractivity contribution in [1.29, 1.82) is 0 Å². The number of H-pyrrole nitrogens is 2. The number of Topliss-reactive ketones (excluding diaryl/α,β-unsaturated/α-hetero) is 1. The van der Waals surface area contributed by atoms with Gasteiger partial charge < -0.3 is 20.4 Å². The normalized spacial score (nSPS) is 35.5. The number of rotatable bonds is 2. The van der Waals surface area contributed by atoms with Crippen LogP contribution in [0.5, 0.6) is 0 Å². The number of carbonyl (C=O) groups excluding carboxylic acids is 2. The molecule has 196 valence electrons. The third-order valence-electron chi connectivity index (χ3n) is 9.26. The summed E-state index contributed by atoms with van der Waals surface area (Å²) in [7, 11) is 0. The lowest BCUT2D eigenvalue weighted by Crippen LogP contribution is -2.57. The van der Waals surface area contributed by atoms with E-state index in [0.717, 1.165) is 22.0 Å². The second-order valence-corrected chi connectivity index (χ2v) is 11.5. The average Bonchev–Trinajstić information content (AvgIpc) is 3.61. The molecule has 1 aliphatic carbocycles. The largest absolute Gasteiger partial charge is 0.388 e. The summed E-state index contributed by atoms with van der Waals surface area (Å²) in [6, 6.07) is 11.7. The molecule has 3 aliphatic rings. The van der Waals surface area contributed by atoms with Gasteiger partial charge in [0.05, 0.1) is 11.8 Å². The Labute approximate surface area is 222 Å². The molecule has 1 amide bonds. The van der Waals surface area contributed by atoms with Crippen molar-refractivity contribution in [2.45, 2.75) is 51.2 Å². The van der Waals surface area contributed by atoms with E-state index < -0.39 is 17.4 Å². The number of aromatic amines is 2. The lowest BCUT2D eigenvalue weighted by Gasteiger charge is -2.50. The number of aliphatic hydroxyl groups excluding tert-OH is 1. The molecule has 6 rings (SSSR count). The van der Waals surface area contributed by atoms with E-state index in [9.17, 15) is 14.7 Å². The van der Waals surface area contributed by atoms with Gasteiger partial charge in [-0.25, -0.2) is 0 Å². The first-order chi connectivity index (χ1) is 18.2. The van der Waals surface area contributed by atoms with Crippen molar-refractivity contribution in [3.63, 3.8) is 0 Å². The van der Waals surface area contributed by atoms with Gasteiger partial charge in [0.15, 0.2) is 0 Å². The van der Waals surface area contributed by atoms with Gasteiger partial charge in [-0.15, -0.1) is 0 Å². The van der Waals surface area contributed by atoms with Crippen LogP contribution in [-0.4, -0.2) is 38.9 Å². The molecule has 38 heavy (non-hydrogen) atoms. The zero-order valence-corrected chi connectivity index (χ0v) is 22.1. The van der Waals surface area contributed by atoms with E-state index in [1.807, 2.05) is 43.5 Å². The Morgan fingerprint density at radius 1 is 1.13 bits per heavy atom. The topological polar surface area (TPSA) is 98.0 Å². The van der Waals surface area contributed by atoms with E-state index >= 15 is 0 Å². The van der Waals surface area contributed by atoms with E-state index in [1.54, 1.807) is 6.07 Å². The standard InChI is InChI=1S/C32H35N3O3/c1-17-8-7-10-23-30(37)20(4)19(3)28-26(15-21-16-33-24-11-6-5-9-22(21)24)35-31(38)32(23,28)27-13-12-25(34-27)29(36)18(2)14-17/h5-7,9-14,16-17,19,23,26,28,30,33-34,37H,4,8,15H2,1-3H3,(H,35,38)/b10-7+,18-14+/t17-,19+,23-,26-,28?,30+,32+/m0/s1. The summed E-state index contributed by atoms with van der Waals surface area (Å²) < 4.78 is 0. The van der Waals surface area contributed by atoms with Crippen LogP contribution in [0.4, 0.5) is 0 Å². The highest BCUT2D eigenvalue weighted by molar-refractivity contribution is 6.07. The highest BCUT2D eigenvalue weighted by Gasteiger charge is 2.66. The van der Waals surface area contributed by atoms with E-state index in [4.69, 9.17) is 0 Å². The maximum Gasteiger partial charge on any atom is 0.233 e. The fourth-order valence-corrected chi connectivity index (χ4v) is 7.39. The minimum Gasteiger partial charge on any atom is -0.388 e. The maximum atomic E-state index is 14.3. The molecule has 1 aromatic carbocycles. The quantitative estimate of drug-likeness (QED) is 0.366. The van der Waals surface area contributed by atoms with Crippen LogP contribution in [0.3, 0.4) is 0 Å². The van der Waals surface area contributed by atoms with E-state index in [2.05, 4.69) is 53.9 Å². The van der Waals surface area contributed by atoms with Crippen molar-refractivity contribution in [2.24, 2.45) is 23.7 Å². The number of aromatic nitrogens is 2. The number of ketones is 1.